The summed E-state index contributed by atoms with van der Waals surface area (Å²) in [5, 5.41) is 3.44. The maximum atomic E-state index is 5.96. The van der Waals surface area contributed by atoms with Gasteiger partial charge in [-0.3, -0.25) is 0 Å². The molecule has 0 atom stereocenters. The van der Waals surface area contributed by atoms with E-state index in [1.807, 2.05) is 26.0 Å². The summed E-state index contributed by atoms with van der Waals surface area (Å²) < 4.78 is 5.77. The SMILES string of the molecule is CC(C)Oc1cccnc1NCC1(CN)CCCC1. The highest BCUT2D eigenvalue weighted by Gasteiger charge is 2.32. The second-order valence-electron chi connectivity index (χ2n) is 5.78. The molecule has 0 saturated heterocycles. The molecule has 2 rings (SSSR count). The minimum Gasteiger partial charge on any atom is -0.487 e. The largest absolute Gasteiger partial charge is 0.487 e. The van der Waals surface area contributed by atoms with E-state index in [1.54, 1.807) is 6.20 Å². The summed E-state index contributed by atoms with van der Waals surface area (Å²) in [5.74, 6) is 1.65. The fourth-order valence-corrected chi connectivity index (χ4v) is 2.72. The summed E-state index contributed by atoms with van der Waals surface area (Å²) in [6.07, 6.45) is 6.94. The minimum atomic E-state index is 0.152. The molecule has 1 aromatic rings. The van der Waals surface area contributed by atoms with Crippen molar-refractivity contribution in [1.29, 1.82) is 0 Å². The highest BCUT2D eigenvalue weighted by Crippen LogP contribution is 2.37. The summed E-state index contributed by atoms with van der Waals surface area (Å²) in [5.41, 5.74) is 6.20. The minimum absolute atomic E-state index is 0.152. The number of hydrogen-bond donors (Lipinski definition) is 2. The van der Waals surface area contributed by atoms with Gasteiger partial charge in [0.1, 0.15) is 0 Å². The highest BCUT2D eigenvalue weighted by molar-refractivity contribution is 5.49. The Hall–Kier alpha value is -1.29. The van der Waals surface area contributed by atoms with Crippen molar-refractivity contribution in [2.24, 2.45) is 11.1 Å². The fraction of sp³-hybridized carbons (Fsp3) is 0.667. The molecule has 0 bridgehead atoms. The maximum absolute atomic E-state index is 5.96. The van der Waals surface area contributed by atoms with Crippen molar-refractivity contribution in [2.45, 2.75) is 45.6 Å². The first kappa shape index (κ1) is 14.1. The maximum Gasteiger partial charge on any atom is 0.168 e. The molecule has 0 spiro atoms. The molecule has 4 heteroatoms. The number of nitrogens with zero attached hydrogens (tertiary/aromatic N) is 1. The smallest absolute Gasteiger partial charge is 0.168 e. The Morgan fingerprint density at radius 2 is 2.16 bits per heavy atom. The van der Waals surface area contributed by atoms with Gasteiger partial charge in [0, 0.05) is 12.7 Å². The molecule has 4 nitrogen and oxygen atoms in total. The topological polar surface area (TPSA) is 60.2 Å². The summed E-state index contributed by atoms with van der Waals surface area (Å²) in [6, 6.07) is 3.86. The van der Waals surface area contributed by atoms with E-state index in [4.69, 9.17) is 10.5 Å². The van der Waals surface area contributed by atoms with E-state index < -0.39 is 0 Å². The Morgan fingerprint density at radius 1 is 1.42 bits per heavy atom. The lowest BCUT2D eigenvalue weighted by molar-refractivity contribution is 0.242. The predicted molar refractivity (Wildman–Crippen MR) is 78.4 cm³/mol. The molecular weight excluding hydrogens is 238 g/mol. The third-order valence-corrected chi connectivity index (χ3v) is 3.86. The molecule has 19 heavy (non-hydrogen) atoms. The van der Waals surface area contributed by atoms with Crippen LogP contribution in [0.25, 0.3) is 0 Å². The first-order valence-corrected chi connectivity index (χ1v) is 7.21. The lowest BCUT2D eigenvalue weighted by Gasteiger charge is -2.28. The zero-order valence-electron chi connectivity index (χ0n) is 12.0. The number of hydrogen-bond acceptors (Lipinski definition) is 4. The average Bonchev–Trinajstić information content (AvgIpc) is 2.87. The van der Waals surface area contributed by atoms with Crippen LogP contribution in [0.15, 0.2) is 18.3 Å². The number of nitrogens with one attached hydrogen (secondary N) is 1. The quantitative estimate of drug-likeness (QED) is 0.828. The Balaban J connectivity index is 2.02. The molecule has 0 unspecified atom stereocenters. The zero-order valence-corrected chi connectivity index (χ0v) is 12.0. The summed E-state index contributed by atoms with van der Waals surface area (Å²) in [7, 11) is 0. The van der Waals surface area contributed by atoms with E-state index in [2.05, 4.69) is 10.3 Å². The molecule has 1 aromatic heterocycles. The van der Waals surface area contributed by atoms with Gasteiger partial charge < -0.3 is 15.8 Å². The normalized spacial score (nSPS) is 17.7. The second-order valence-corrected chi connectivity index (χ2v) is 5.78. The van der Waals surface area contributed by atoms with Crippen molar-refractivity contribution < 1.29 is 4.74 Å². The monoisotopic (exact) mass is 263 g/mol. The van der Waals surface area contributed by atoms with Gasteiger partial charge >= 0.3 is 0 Å². The van der Waals surface area contributed by atoms with Gasteiger partial charge in [-0.05, 0) is 50.8 Å². The van der Waals surface area contributed by atoms with Crippen LogP contribution in [0.1, 0.15) is 39.5 Å². The van der Waals surface area contributed by atoms with E-state index in [0.717, 1.165) is 24.7 Å². The van der Waals surface area contributed by atoms with Crippen molar-refractivity contribution in [3.63, 3.8) is 0 Å². The molecule has 3 N–H and O–H groups in total. The van der Waals surface area contributed by atoms with E-state index in [0.29, 0.717) is 0 Å². The number of pyridine rings is 1. The fourth-order valence-electron chi connectivity index (χ4n) is 2.72. The van der Waals surface area contributed by atoms with Crippen LogP contribution in [0.5, 0.6) is 5.75 Å². The Labute approximate surface area is 115 Å². The van der Waals surface area contributed by atoms with Crippen LogP contribution < -0.4 is 15.8 Å². The molecule has 106 valence electrons. The Morgan fingerprint density at radius 3 is 2.79 bits per heavy atom. The van der Waals surface area contributed by atoms with Crippen LogP contribution in [0.3, 0.4) is 0 Å². The van der Waals surface area contributed by atoms with Gasteiger partial charge in [-0.25, -0.2) is 4.98 Å². The van der Waals surface area contributed by atoms with Crippen molar-refractivity contribution >= 4 is 5.82 Å². The summed E-state index contributed by atoms with van der Waals surface area (Å²) in [6.45, 7) is 5.67. The molecule has 0 aliphatic heterocycles. The van der Waals surface area contributed by atoms with Crippen molar-refractivity contribution in [1.82, 2.24) is 4.98 Å². The van der Waals surface area contributed by atoms with Gasteiger partial charge in [0.15, 0.2) is 11.6 Å². The van der Waals surface area contributed by atoms with Crippen LogP contribution in [0.4, 0.5) is 5.82 Å². The van der Waals surface area contributed by atoms with Crippen molar-refractivity contribution in [2.75, 3.05) is 18.4 Å². The van der Waals surface area contributed by atoms with Crippen LogP contribution in [0, 0.1) is 5.41 Å². The number of anilines is 1. The van der Waals surface area contributed by atoms with Gasteiger partial charge in [0.05, 0.1) is 6.10 Å². The molecule has 1 fully saturated rings. The molecule has 1 heterocycles. The van der Waals surface area contributed by atoms with Crippen LogP contribution in [0.2, 0.25) is 0 Å². The van der Waals surface area contributed by atoms with E-state index in [9.17, 15) is 0 Å². The summed E-state index contributed by atoms with van der Waals surface area (Å²) in [4.78, 5) is 4.38. The van der Waals surface area contributed by atoms with Gasteiger partial charge in [0.2, 0.25) is 0 Å². The third kappa shape index (κ3) is 3.60. The van der Waals surface area contributed by atoms with Gasteiger partial charge in [-0.15, -0.1) is 0 Å². The lowest BCUT2D eigenvalue weighted by Crippen LogP contribution is -2.34. The number of aromatic nitrogens is 1. The van der Waals surface area contributed by atoms with Crippen molar-refractivity contribution in [3.05, 3.63) is 18.3 Å². The third-order valence-electron chi connectivity index (χ3n) is 3.86. The van der Waals surface area contributed by atoms with E-state index in [-0.39, 0.29) is 11.5 Å². The van der Waals surface area contributed by atoms with Gasteiger partial charge in [-0.2, -0.15) is 0 Å². The predicted octanol–water partition coefficient (Wildman–Crippen LogP) is 2.80. The van der Waals surface area contributed by atoms with Crippen molar-refractivity contribution in [3.8, 4) is 5.75 Å². The second kappa shape index (κ2) is 6.24. The molecular formula is C15H25N3O. The van der Waals surface area contributed by atoms with E-state index >= 15 is 0 Å². The lowest BCUT2D eigenvalue weighted by atomic mass is 9.86. The number of rotatable bonds is 6. The molecule has 1 aliphatic carbocycles. The summed E-state index contributed by atoms with van der Waals surface area (Å²) >= 11 is 0. The standard InChI is InChI=1S/C15H25N3O/c1-12(2)19-13-6-5-9-17-14(13)18-11-15(10-16)7-3-4-8-15/h5-6,9,12H,3-4,7-8,10-11,16H2,1-2H3,(H,17,18). The van der Waals surface area contributed by atoms with E-state index in [1.165, 1.54) is 25.7 Å². The molecule has 0 aromatic carbocycles. The first-order valence-electron chi connectivity index (χ1n) is 7.21. The zero-order chi connectivity index (χ0) is 13.7. The number of nitrogens with two attached hydrogens (primary N) is 1. The highest BCUT2D eigenvalue weighted by atomic mass is 16.5. The van der Waals surface area contributed by atoms with Gasteiger partial charge in [-0.1, -0.05) is 12.8 Å². The molecule has 0 amide bonds. The Kier molecular flexibility index (Phi) is 4.64. The first-order chi connectivity index (χ1) is 9.15. The van der Waals surface area contributed by atoms with Crippen LogP contribution >= 0.6 is 0 Å². The van der Waals surface area contributed by atoms with Crippen LogP contribution in [-0.2, 0) is 0 Å². The Bertz CT molecular complexity index is 400. The molecule has 1 aliphatic rings. The molecule has 1 saturated carbocycles. The average molecular weight is 263 g/mol. The van der Waals surface area contributed by atoms with Crippen LogP contribution in [-0.4, -0.2) is 24.2 Å². The van der Waals surface area contributed by atoms with Gasteiger partial charge in [0.25, 0.3) is 0 Å². The molecule has 0 radical (unpaired) electrons. The number of ether oxygens (including phenoxy) is 1.